The molecule has 3 unspecified atom stereocenters. The summed E-state index contributed by atoms with van der Waals surface area (Å²) in [6.07, 6.45) is -45.8. The van der Waals surface area contributed by atoms with Gasteiger partial charge < -0.3 is 139 Å². The van der Waals surface area contributed by atoms with Crippen LogP contribution in [0, 0.1) is 34.5 Å². The summed E-state index contributed by atoms with van der Waals surface area (Å²) in [5.74, 6) is -0.576. The van der Waals surface area contributed by atoms with Crippen molar-refractivity contribution in [3.63, 3.8) is 0 Å². The molecule has 0 bridgehead atoms. The molecular weight excluding hydrogens is 1280 g/mol. The van der Waals surface area contributed by atoms with E-state index in [0.29, 0.717) is 32.1 Å². The van der Waals surface area contributed by atoms with Crippen LogP contribution in [0.1, 0.15) is 113 Å². The minimum atomic E-state index is -4.89. The van der Waals surface area contributed by atoms with Crippen molar-refractivity contribution in [1.82, 2.24) is 0 Å². The summed E-state index contributed by atoms with van der Waals surface area (Å²) in [6.45, 7) is 12.9. The predicted octanol–water partition coefficient (Wildman–Crippen LogP) is -4.15. The van der Waals surface area contributed by atoms with Crippen LogP contribution in [0.2, 0.25) is 0 Å². The van der Waals surface area contributed by atoms with E-state index in [1.807, 2.05) is 20.8 Å². The maximum absolute atomic E-state index is 12.5. The molecule has 542 valence electrons. The monoisotopic (exact) mass is 1380 g/mol. The van der Waals surface area contributed by atoms with Crippen molar-refractivity contribution in [2.75, 3.05) is 13.2 Å². The Bertz CT molecular complexity index is 2710. The van der Waals surface area contributed by atoms with E-state index in [1.54, 1.807) is 0 Å². The molecule has 10 aliphatic rings. The van der Waals surface area contributed by atoms with Crippen molar-refractivity contribution in [2.24, 2.45) is 34.5 Å². The number of aliphatic hydroxyl groups excluding tert-OH is 15. The van der Waals surface area contributed by atoms with Gasteiger partial charge in [-0.15, -0.1) is 0 Å². The Kier molecular flexibility index (Phi) is 23.3. The fourth-order valence-electron chi connectivity index (χ4n) is 16.8. The number of rotatable bonds is 19. The zero-order valence-electron chi connectivity index (χ0n) is 53.8. The van der Waals surface area contributed by atoms with Gasteiger partial charge in [-0.2, -0.15) is 8.42 Å². The molecule has 6 saturated heterocycles. The highest BCUT2D eigenvalue weighted by Crippen LogP contribution is 2.67. The minimum absolute atomic E-state index is 0.0558. The first-order valence-electron chi connectivity index (χ1n) is 32.7. The summed E-state index contributed by atoms with van der Waals surface area (Å²) in [4.78, 5) is 0. The van der Waals surface area contributed by atoms with Gasteiger partial charge in [0, 0.05) is 0 Å². The normalized spacial score (nSPS) is 52.4. The van der Waals surface area contributed by atoms with Crippen molar-refractivity contribution in [3.8, 4) is 0 Å². The first kappa shape index (κ1) is 74.9. The third-order valence-corrected chi connectivity index (χ3v) is 22.6. The smallest absolute Gasteiger partial charge is 0.394 e. The zero-order valence-corrected chi connectivity index (χ0v) is 54.6. The lowest BCUT2D eigenvalue weighted by atomic mass is 9.47. The minimum Gasteiger partial charge on any atom is -0.394 e. The van der Waals surface area contributed by atoms with Crippen LogP contribution >= 0.6 is 0 Å². The lowest BCUT2D eigenvalue weighted by Gasteiger charge is -2.60. The van der Waals surface area contributed by atoms with Crippen LogP contribution in [0.15, 0.2) is 23.3 Å². The fraction of sp³-hybridized carbons (Fsp3) is 0.934. The second-order valence-electron chi connectivity index (χ2n) is 28.7. The number of ether oxygens (including phenoxy) is 12. The summed E-state index contributed by atoms with van der Waals surface area (Å²) in [5.41, 5.74) is 0.391. The van der Waals surface area contributed by atoms with Gasteiger partial charge in [-0.25, -0.2) is 4.18 Å². The molecule has 32 nitrogen and oxygen atoms in total. The maximum atomic E-state index is 12.5. The Morgan fingerprint density at radius 2 is 1.12 bits per heavy atom. The van der Waals surface area contributed by atoms with Gasteiger partial charge in [0.1, 0.15) is 116 Å². The van der Waals surface area contributed by atoms with E-state index in [0.717, 1.165) is 18.4 Å². The molecule has 0 spiro atoms. The van der Waals surface area contributed by atoms with Crippen molar-refractivity contribution in [3.05, 3.63) is 23.3 Å². The molecule has 9 fully saturated rings. The summed E-state index contributed by atoms with van der Waals surface area (Å²) in [5, 5.41) is 179. The lowest BCUT2D eigenvalue weighted by Crippen LogP contribution is -2.67. The van der Waals surface area contributed by atoms with Crippen LogP contribution in [-0.2, 0) is 71.4 Å². The Morgan fingerprint density at radius 3 is 1.74 bits per heavy atom. The molecule has 0 aromatic rings. The molecule has 6 heterocycles. The number of hydrogen-bond acceptors (Lipinski definition) is 31. The summed E-state index contributed by atoms with van der Waals surface area (Å²) >= 11 is 0. The first-order chi connectivity index (χ1) is 44.0. The van der Waals surface area contributed by atoms with Gasteiger partial charge in [-0.05, 0) is 134 Å². The molecule has 0 radical (unpaired) electrons. The lowest BCUT2D eigenvalue weighted by molar-refractivity contribution is -0.411. The third-order valence-electron chi connectivity index (χ3n) is 22.1. The second kappa shape index (κ2) is 29.3. The highest BCUT2D eigenvalue weighted by Gasteiger charge is 2.64. The van der Waals surface area contributed by atoms with Crippen LogP contribution in [-0.4, -0.2) is 304 Å². The van der Waals surface area contributed by atoms with Crippen molar-refractivity contribution in [2.45, 2.75) is 309 Å². The first-order valence-corrected chi connectivity index (χ1v) is 34.0. The topological polar surface area (TPSA) is 498 Å². The highest BCUT2D eigenvalue weighted by molar-refractivity contribution is 7.80. The van der Waals surface area contributed by atoms with Crippen LogP contribution in [0.5, 0.6) is 0 Å². The van der Waals surface area contributed by atoms with Gasteiger partial charge in [0.05, 0.1) is 49.3 Å². The Balaban J connectivity index is 0.897. The average Bonchev–Trinajstić information content (AvgIpc) is 1.34. The number of hydrogen-bond donors (Lipinski definition) is 17. The van der Waals surface area contributed by atoms with Crippen LogP contribution in [0.4, 0.5) is 0 Å². The maximum Gasteiger partial charge on any atom is 0.397 e. The SMILES string of the molecule is CC(C)=CCC[C@](C)(O)[C@H]1CCC2C3C[C@H](O[C@@H]4O[C@H](C)[C@@H](O)[C@H](O[C@@H]5OC[C@H](O[C@@H]6O[C@H](C)[C@H](O)[C@H](O)[C@H]6O[C@@H]6O[C@H](O)[C@H](O)[C@H](O[C@@H]7O[C@H](CO)[C@H](O)[C@H](O)[C@H]7O)[C@H]6O)[C@H](O)[C@H]5O[C@@H]5O[C@H](C)[C@@H](O)[C@H](O)[C@H]5O)[C@H]4O)C4C[C@@H](OS(=O)(=O)O)CC[C@]4(C)C3=CC[C@@]21C. The molecule has 17 N–H and O–H groups in total. The number of allylic oxidation sites excluding steroid dienone is 4. The Labute approximate surface area is 544 Å². The molecule has 38 atom stereocenters. The van der Waals surface area contributed by atoms with Crippen LogP contribution < -0.4 is 0 Å². The molecular formula is C61H100O32S. The third kappa shape index (κ3) is 14.8. The van der Waals surface area contributed by atoms with E-state index in [9.17, 15) is 94.7 Å². The molecule has 0 amide bonds. The molecule has 3 saturated carbocycles. The predicted molar refractivity (Wildman–Crippen MR) is 313 cm³/mol. The van der Waals surface area contributed by atoms with Gasteiger partial charge in [-0.3, -0.25) is 4.55 Å². The number of aliphatic hydroxyl groups is 16. The van der Waals surface area contributed by atoms with E-state index < -0.39 is 231 Å². The van der Waals surface area contributed by atoms with Gasteiger partial charge in [0.2, 0.25) is 0 Å². The van der Waals surface area contributed by atoms with E-state index >= 15 is 0 Å². The summed E-state index contributed by atoms with van der Waals surface area (Å²) in [7, 11) is -4.89. The molecule has 94 heavy (non-hydrogen) atoms. The van der Waals surface area contributed by atoms with E-state index in [2.05, 4.69) is 26.0 Å². The van der Waals surface area contributed by atoms with Gasteiger partial charge in [0.25, 0.3) is 0 Å². The van der Waals surface area contributed by atoms with Crippen molar-refractivity contribution in [1.29, 1.82) is 0 Å². The quantitative estimate of drug-likeness (QED) is 0.0431. The molecule has 10 rings (SSSR count). The van der Waals surface area contributed by atoms with Crippen LogP contribution in [0.3, 0.4) is 0 Å². The zero-order chi connectivity index (χ0) is 68.7. The van der Waals surface area contributed by atoms with Crippen molar-refractivity contribution < 1.29 is 156 Å². The largest absolute Gasteiger partial charge is 0.397 e. The average molecular weight is 1380 g/mol. The second-order valence-corrected chi connectivity index (χ2v) is 29.7. The number of fused-ring (bicyclic) bond motifs is 5. The van der Waals surface area contributed by atoms with Gasteiger partial charge in [-0.1, -0.05) is 37.1 Å². The standard InChI is InChI=1S/C61H100O32S/c1-22(2)10-9-15-61(8,77)34-12-11-28-27-19-31(30-18-26(93-94(78,79)80)13-16-59(30,6)29(27)14-17-60(28,34)7)85-55-46(74)48(37(65)25(5)83-55)89-57-50(90-53-43(71)40(68)35(63)23(3)82-53)39(67)33(21-81-57)87-58-51(42(70)36(64)24(4)84-58)91-56-47(75)49(45(73)52(76)92-56)88-54-44(72)41(69)38(66)32(20-62)86-54/h10,14,23-28,30-58,62-77H,9,11-13,15-21H2,1-8H3,(H,78,79,80)/t23-,24-,25-,26+,27?,28?,30?,31+,32-,33+,34+,35-,36+,37-,38+,39+,40+,41+,42+,43-,44-,45-,46-,47-,48+,49+,50-,51-,52+,53+,54+,55+,56-,57+,58+,59-,60+,61+/m1/s1. The summed E-state index contributed by atoms with van der Waals surface area (Å²) in [6, 6.07) is 0. The molecule has 0 aromatic carbocycles. The van der Waals surface area contributed by atoms with Gasteiger partial charge in [0.15, 0.2) is 44.0 Å². The molecule has 6 aliphatic heterocycles. The van der Waals surface area contributed by atoms with Crippen LogP contribution in [0.25, 0.3) is 0 Å². The fourth-order valence-corrected chi connectivity index (χ4v) is 17.3. The Hall–Kier alpha value is -1.77. The van der Waals surface area contributed by atoms with Gasteiger partial charge >= 0.3 is 10.4 Å². The van der Waals surface area contributed by atoms with E-state index in [4.69, 9.17) is 61.0 Å². The van der Waals surface area contributed by atoms with E-state index in [1.165, 1.54) is 26.3 Å². The van der Waals surface area contributed by atoms with E-state index in [-0.39, 0.29) is 36.0 Å². The van der Waals surface area contributed by atoms with Crippen molar-refractivity contribution >= 4 is 10.4 Å². The highest BCUT2D eigenvalue weighted by atomic mass is 32.3. The Morgan fingerprint density at radius 1 is 0.585 bits per heavy atom. The molecule has 0 aromatic heterocycles. The molecule has 4 aliphatic carbocycles. The molecule has 33 heteroatoms. The summed E-state index contributed by atoms with van der Waals surface area (Å²) < 4.78 is 112.